The van der Waals surface area contributed by atoms with E-state index >= 15 is 0 Å². The molecule has 0 radical (unpaired) electrons. The van der Waals surface area contributed by atoms with E-state index in [2.05, 4.69) is 44.4 Å². The summed E-state index contributed by atoms with van der Waals surface area (Å²) in [6, 6.07) is 0.605. The maximum atomic E-state index is 5.62. The maximum absolute atomic E-state index is 5.62. The van der Waals surface area contributed by atoms with Crippen LogP contribution in [-0.2, 0) is 9.47 Å². The molecule has 0 amide bonds. The molecule has 0 spiro atoms. The second-order valence-electron chi connectivity index (χ2n) is 8.19. The van der Waals surface area contributed by atoms with E-state index in [1.54, 1.807) is 0 Å². The van der Waals surface area contributed by atoms with Crippen LogP contribution in [0.25, 0.3) is 0 Å². The molecular formula is C19H38N2O2. The zero-order chi connectivity index (χ0) is 16.9. The van der Waals surface area contributed by atoms with Gasteiger partial charge in [-0.3, -0.25) is 9.80 Å². The van der Waals surface area contributed by atoms with Gasteiger partial charge in [0.1, 0.15) is 0 Å². The second-order valence-corrected chi connectivity index (χ2v) is 8.19. The van der Waals surface area contributed by atoms with E-state index in [0.29, 0.717) is 18.2 Å². The predicted molar refractivity (Wildman–Crippen MR) is 96.0 cm³/mol. The molecule has 2 fully saturated rings. The normalized spacial score (nSPS) is 24.5. The molecule has 2 aliphatic heterocycles. The molecule has 2 atom stereocenters. The van der Waals surface area contributed by atoms with Gasteiger partial charge in [-0.1, -0.05) is 6.92 Å². The highest BCUT2D eigenvalue weighted by molar-refractivity contribution is 4.86. The Kier molecular flexibility index (Phi) is 7.33. The van der Waals surface area contributed by atoms with Crippen LogP contribution < -0.4 is 0 Å². The summed E-state index contributed by atoms with van der Waals surface area (Å²) in [5, 5.41) is 0. The summed E-state index contributed by atoms with van der Waals surface area (Å²) >= 11 is 0. The summed E-state index contributed by atoms with van der Waals surface area (Å²) in [5.74, 6) is 0. The summed E-state index contributed by atoms with van der Waals surface area (Å²) in [6.07, 6.45) is 5.92. The Morgan fingerprint density at radius 2 is 1.78 bits per heavy atom. The molecule has 4 nitrogen and oxygen atoms in total. The van der Waals surface area contributed by atoms with Gasteiger partial charge < -0.3 is 9.47 Å². The van der Waals surface area contributed by atoms with Crippen LogP contribution in [0, 0.1) is 0 Å². The first-order valence-corrected chi connectivity index (χ1v) is 9.64. The molecule has 0 saturated carbocycles. The minimum absolute atomic E-state index is 0.261. The molecule has 2 heterocycles. The number of epoxide rings is 1. The van der Waals surface area contributed by atoms with Gasteiger partial charge in [-0.25, -0.2) is 0 Å². The van der Waals surface area contributed by atoms with Gasteiger partial charge in [0.15, 0.2) is 0 Å². The first-order chi connectivity index (χ1) is 10.9. The molecule has 0 aromatic heterocycles. The van der Waals surface area contributed by atoms with Gasteiger partial charge >= 0.3 is 0 Å². The zero-order valence-electron chi connectivity index (χ0n) is 16.0. The first-order valence-electron chi connectivity index (χ1n) is 9.64. The third-order valence-electron chi connectivity index (χ3n) is 5.37. The predicted octanol–water partition coefficient (Wildman–Crippen LogP) is 3.16. The van der Waals surface area contributed by atoms with Crippen LogP contribution in [-0.4, -0.2) is 73.0 Å². The Morgan fingerprint density at radius 3 is 2.26 bits per heavy atom. The Labute approximate surface area is 143 Å². The van der Waals surface area contributed by atoms with Gasteiger partial charge in [0.2, 0.25) is 0 Å². The first kappa shape index (κ1) is 19.2. The zero-order valence-corrected chi connectivity index (χ0v) is 16.0. The van der Waals surface area contributed by atoms with Gasteiger partial charge in [0, 0.05) is 31.3 Å². The monoisotopic (exact) mass is 326 g/mol. The summed E-state index contributed by atoms with van der Waals surface area (Å²) < 4.78 is 11.1. The Morgan fingerprint density at radius 1 is 1.09 bits per heavy atom. The molecule has 0 aliphatic carbocycles. The fraction of sp³-hybridized carbons (Fsp3) is 1.00. The average Bonchev–Trinajstić information content (AvgIpc) is 3.23. The Bertz CT molecular complexity index is 338. The van der Waals surface area contributed by atoms with Crippen LogP contribution in [0.2, 0.25) is 0 Å². The fourth-order valence-electron chi connectivity index (χ4n) is 3.45. The lowest BCUT2D eigenvalue weighted by Gasteiger charge is -2.40. The van der Waals surface area contributed by atoms with Crippen molar-refractivity contribution in [1.82, 2.24) is 9.80 Å². The van der Waals surface area contributed by atoms with Crippen molar-refractivity contribution in [2.45, 2.75) is 84.1 Å². The van der Waals surface area contributed by atoms with Gasteiger partial charge in [-0.05, 0) is 66.5 Å². The third-order valence-corrected chi connectivity index (χ3v) is 5.37. The van der Waals surface area contributed by atoms with E-state index in [9.17, 15) is 0 Å². The molecule has 0 aromatic rings. The molecule has 0 N–H and O–H groups in total. The number of hydrogen-bond donors (Lipinski definition) is 0. The number of nitrogens with zero attached hydrogens (tertiary/aromatic N) is 2. The number of hydrogen-bond acceptors (Lipinski definition) is 4. The van der Waals surface area contributed by atoms with E-state index in [1.165, 1.54) is 38.8 Å². The van der Waals surface area contributed by atoms with Crippen molar-refractivity contribution in [3.63, 3.8) is 0 Å². The highest BCUT2D eigenvalue weighted by Gasteiger charge is 2.33. The highest BCUT2D eigenvalue weighted by atomic mass is 16.6. The number of rotatable bonds is 12. The lowest BCUT2D eigenvalue weighted by molar-refractivity contribution is -0.0709. The number of ether oxygens (including phenoxy) is 2. The standard InChI is InChI=1S/C19H38N2O2/c1-6-10-21(14-18-15-23-18)19(4,5)9-7-11-20(16(2)3)13-17-8-12-22-17/h16-18H,6-15H2,1-5H3. The molecule has 0 bridgehead atoms. The van der Waals surface area contributed by atoms with Gasteiger partial charge in [-0.15, -0.1) is 0 Å². The topological polar surface area (TPSA) is 28.2 Å². The van der Waals surface area contributed by atoms with Crippen LogP contribution in [0.1, 0.15) is 60.3 Å². The van der Waals surface area contributed by atoms with Crippen molar-refractivity contribution in [2.24, 2.45) is 0 Å². The van der Waals surface area contributed by atoms with E-state index in [4.69, 9.17) is 9.47 Å². The van der Waals surface area contributed by atoms with Crippen LogP contribution in [0.4, 0.5) is 0 Å². The van der Waals surface area contributed by atoms with E-state index in [-0.39, 0.29) is 5.54 Å². The van der Waals surface area contributed by atoms with Crippen molar-refractivity contribution < 1.29 is 9.47 Å². The third kappa shape index (κ3) is 6.33. The highest BCUT2D eigenvalue weighted by Crippen LogP contribution is 2.25. The quantitative estimate of drug-likeness (QED) is 0.515. The summed E-state index contributed by atoms with van der Waals surface area (Å²) in [4.78, 5) is 5.23. The summed E-state index contributed by atoms with van der Waals surface area (Å²) in [7, 11) is 0. The summed E-state index contributed by atoms with van der Waals surface area (Å²) in [5.41, 5.74) is 0.261. The lowest BCUT2D eigenvalue weighted by Crippen LogP contribution is -2.47. The molecule has 2 rings (SSSR count). The van der Waals surface area contributed by atoms with Crippen molar-refractivity contribution in [3.05, 3.63) is 0 Å². The second kappa shape index (κ2) is 8.80. The lowest BCUT2D eigenvalue weighted by atomic mass is 9.94. The molecule has 0 aromatic carbocycles. The van der Waals surface area contributed by atoms with Crippen molar-refractivity contribution in [2.75, 3.05) is 39.4 Å². The van der Waals surface area contributed by atoms with Crippen LogP contribution in [0.3, 0.4) is 0 Å². The smallest absolute Gasteiger partial charge is 0.0936 e. The SMILES string of the molecule is CCCN(CC1CO1)C(C)(C)CCCN(CC1CCO1)C(C)C. The van der Waals surface area contributed by atoms with Gasteiger partial charge in [-0.2, -0.15) is 0 Å². The average molecular weight is 327 g/mol. The molecular weight excluding hydrogens is 288 g/mol. The fourth-order valence-corrected chi connectivity index (χ4v) is 3.45. The summed E-state index contributed by atoms with van der Waals surface area (Å²) in [6.45, 7) is 18.2. The molecule has 136 valence electrons. The minimum atomic E-state index is 0.261. The molecule has 23 heavy (non-hydrogen) atoms. The van der Waals surface area contributed by atoms with E-state index in [1.807, 2.05) is 0 Å². The van der Waals surface area contributed by atoms with Gasteiger partial charge in [0.05, 0.1) is 18.8 Å². The molecule has 4 heteroatoms. The van der Waals surface area contributed by atoms with E-state index < -0.39 is 0 Å². The van der Waals surface area contributed by atoms with Crippen molar-refractivity contribution in [3.8, 4) is 0 Å². The maximum Gasteiger partial charge on any atom is 0.0936 e. The van der Waals surface area contributed by atoms with E-state index in [0.717, 1.165) is 26.3 Å². The van der Waals surface area contributed by atoms with Crippen LogP contribution in [0.15, 0.2) is 0 Å². The van der Waals surface area contributed by atoms with Crippen molar-refractivity contribution in [1.29, 1.82) is 0 Å². The Hall–Kier alpha value is -0.160. The van der Waals surface area contributed by atoms with Crippen molar-refractivity contribution >= 4 is 0 Å². The van der Waals surface area contributed by atoms with Gasteiger partial charge in [0.25, 0.3) is 0 Å². The Balaban J connectivity index is 1.75. The largest absolute Gasteiger partial charge is 0.377 e. The van der Waals surface area contributed by atoms with Crippen LogP contribution >= 0.6 is 0 Å². The minimum Gasteiger partial charge on any atom is -0.377 e. The van der Waals surface area contributed by atoms with Crippen LogP contribution in [0.5, 0.6) is 0 Å². The molecule has 2 aliphatic rings. The molecule has 2 saturated heterocycles. The molecule has 2 unspecified atom stereocenters.